The molecule has 1 saturated carbocycles. The molecule has 26 heavy (non-hydrogen) atoms. The lowest BCUT2D eigenvalue weighted by Crippen LogP contribution is -2.49. The Bertz CT molecular complexity index is 527. The number of rotatable bonds is 8. The zero-order valence-corrected chi connectivity index (χ0v) is 16.4. The molecule has 0 spiro atoms. The summed E-state index contributed by atoms with van der Waals surface area (Å²) in [6, 6.07) is 10.9. The van der Waals surface area contributed by atoms with Crippen LogP contribution in [0, 0.1) is 5.92 Å². The van der Waals surface area contributed by atoms with Crippen molar-refractivity contribution in [2.75, 3.05) is 6.54 Å². The maximum Gasteiger partial charge on any atom is 0.315 e. The highest BCUT2D eigenvalue weighted by Crippen LogP contribution is 2.18. The second kappa shape index (κ2) is 10.5. The van der Waals surface area contributed by atoms with Crippen LogP contribution in [0.5, 0.6) is 0 Å². The van der Waals surface area contributed by atoms with E-state index in [1.165, 1.54) is 5.56 Å². The van der Waals surface area contributed by atoms with Crippen LogP contribution in [-0.4, -0.2) is 35.9 Å². The zero-order valence-electron chi connectivity index (χ0n) is 16.4. The fourth-order valence-corrected chi connectivity index (χ4v) is 3.64. The highest BCUT2D eigenvalue weighted by atomic mass is 16.3. The van der Waals surface area contributed by atoms with Crippen molar-refractivity contribution in [2.45, 2.75) is 77.1 Å². The predicted octanol–water partition coefficient (Wildman–Crippen LogP) is 3.35. The second-order valence-electron chi connectivity index (χ2n) is 7.99. The fraction of sp³-hybridized carbons (Fsp3) is 0.667. The van der Waals surface area contributed by atoms with Crippen LogP contribution < -0.4 is 16.0 Å². The van der Waals surface area contributed by atoms with E-state index in [4.69, 9.17) is 0 Å². The summed E-state index contributed by atoms with van der Waals surface area (Å²) in [4.78, 5) is 12.2. The number of hydrogen-bond acceptors (Lipinski definition) is 3. The van der Waals surface area contributed by atoms with Crippen molar-refractivity contribution < 1.29 is 9.90 Å². The van der Waals surface area contributed by atoms with Crippen LogP contribution in [0.25, 0.3) is 0 Å². The Balaban J connectivity index is 1.80. The van der Waals surface area contributed by atoms with E-state index in [2.05, 4.69) is 61.0 Å². The average Bonchev–Trinajstić information content (AvgIpc) is 2.62. The highest BCUT2D eigenvalue weighted by Gasteiger charge is 2.21. The molecule has 1 aliphatic carbocycles. The predicted molar refractivity (Wildman–Crippen MR) is 106 cm³/mol. The van der Waals surface area contributed by atoms with Gasteiger partial charge in [-0.25, -0.2) is 4.79 Å². The summed E-state index contributed by atoms with van der Waals surface area (Å²) in [5, 5.41) is 19.3. The van der Waals surface area contributed by atoms with Crippen molar-refractivity contribution in [1.82, 2.24) is 16.0 Å². The molecule has 0 aliphatic heterocycles. The number of urea groups is 1. The lowest BCUT2D eigenvalue weighted by atomic mass is 9.93. The van der Waals surface area contributed by atoms with Crippen LogP contribution in [0.4, 0.5) is 4.79 Å². The first-order chi connectivity index (χ1) is 12.4. The van der Waals surface area contributed by atoms with Gasteiger partial charge >= 0.3 is 6.03 Å². The lowest BCUT2D eigenvalue weighted by molar-refractivity contribution is 0.117. The van der Waals surface area contributed by atoms with Crippen LogP contribution in [0.3, 0.4) is 0 Å². The SMILES string of the molecule is CC(C)C[C@H](CNC(=O)NC1CCC(O)CC1)N[C@@H](C)c1ccccc1. The van der Waals surface area contributed by atoms with Gasteiger partial charge in [-0.2, -0.15) is 0 Å². The van der Waals surface area contributed by atoms with Crippen LogP contribution in [0.1, 0.15) is 64.5 Å². The Morgan fingerprint density at radius 3 is 2.38 bits per heavy atom. The van der Waals surface area contributed by atoms with Crippen LogP contribution in [-0.2, 0) is 0 Å². The van der Waals surface area contributed by atoms with Gasteiger partial charge in [0.15, 0.2) is 0 Å². The first-order valence-electron chi connectivity index (χ1n) is 9.97. The van der Waals surface area contributed by atoms with Gasteiger partial charge in [-0.05, 0) is 50.5 Å². The van der Waals surface area contributed by atoms with Crippen molar-refractivity contribution in [3.8, 4) is 0 Å². The quantitative estimate of drug-likeness (QED) is 0.574. The molecule has 2 rings (SSSR count). The second-order valence-corrected chi connectivity index (χ2v) is 7.99. The summed E-state index contributed by atoms with van der Waals surface area (Å²) < 4.78 is 0. The molecule has 1 fully saturated rings. The van der Waals surface area contributed by atoms with E-state index in [-0.39, 0.29) is 30.3 Å². The van der Waals surface area contributed by atoms with Crippen molar-refractivity contribution in [1.29, 1.82) is 0 Å². The molecule has 0 bridgehead atoms. The largest absolute Gasteiger partial charge is 0.393 e. The van der Waals surface area contributed by atoms with Crippen molar-refractivity contribution in [3.63, 3.8) is 0 Å². The van der Waals surface area contributed by atoms with Gasteiger partial charge in [0.2, 0.25) is 0 Å². The van der Waals surface area contributed by atoms with Crippen molar-refractivity contribution >= 4 is 6.03 Å². The smallest absolute Gasteiger partial charge is 0.315 e. The summed E-state index contributed by atoms with van der Waals surface area (Å²) in [6.07, 6.45) is 4.07. The number of carbonyl (C=O) groups is 1. The molecule has 0 aromatic heterocycles. The van der Waals surface area contributed by atoms with Crippen molar-refractivity contribution in [2.24, 2.45) is 5.92 Å². The third-order valence-electron chi connectivity index (χ3n) is 5.08. The van der Waals surface area contributed by atoms with Crippen LogP contribution >= 0.6 is 0 Å². The monoisotopic (exact) mass is 361 g/mol. The van der Waals surface area contributed by atoms with Gasteiger partial charge in [-0.3, -0.25) is 0 Å². The third-order valence-corrected chi connectivity index (χ3v) is 5.08. The minimum atomic E-state index is -0.199. The zero-order chi connectivity index (χ0) is 18.9. The van der Waals surface area contributed by atoms with E-state index in [1.54, 1.807) is 0 Å². The van der Waals surface area contributed by atoms with Gasteiger partial charge < -0.3 is 21.1 Å². The Kier molecular flexibility index (Phi) is 8.39. The van der Waals surface area contributed by atoms with Gasteiger partial charge in [0.05, 0.1) is 6.10 Å². The number of carbonyl (C=O) groups excluding carboxylic acids is 1. The van der Waals surface area contributed by atoms with Gasteiger partial charge in [0.1, 0.15) is 0 Å². The number of amides is 2. The molecular weight excluding hydrogens is 326 g/mol. The standard InChI is InChI=1S/C21H35N3O2/c1-15(2)13-19(23-16(3)17-7-5-4-6-8-17)14-22-21(26)24-18-9-11-20(25)12-10-18/h4-8,15-16,18-20,23,25H,9-14H2,1-3H3,(H2,22,24,26)/t16-,18?,19+,20?/m0/s1. The molecule has 5 nitrogen and oxygen atoms in total. The Morgan fingerprint density at radius 1 is 1.12 bits per heavy atom. The number of benzene rings is 1. The molecule has 2 amide bonds. The maximum absolute atomic E-state index is 12.2. The van der Waals surface area contributed by atoms with Crippen molar-refractivity contribution in [3.05, 3.63) is 35.9 Å². The third kappa shape index (κ3) is 7.34. The molecular formula is C21H35N3O2. The molecule has 0 saturated heterocycles. The van der Waals surface area contributed by atoms with E-state index >= 15 is 0 Å². The molecule has 0 heterocycles. The van der Waals surface area contributed by atoms with E-state index in [0.29, 0.717) is 12.5 Å². The number of hydrogen-bond donors (Lipinski definition) is 4. The summed E-state index contributed by atoms with van der Waals surface area (Å²) in [6.45, 7) is 7.18. The van der Waals surface area contributed by atoms with E-state index in [9.17, 15) is 9.90 Å². The Hall–Kier alpha value is -1.59. The summed E-state index contributed by atoms with van der Waals surface area (Å²) in [5.41, 5.74) is 1.26. The Labute approximate surface area is 158 Å². The minimum absolute atomic E-state index is 0.102. The molecule has 2 atom stereocenters. The number of aliphatic hydroxyl groups excluding tert-OH is 1. The first-order valence-corrected chi connectivity index (χ1v) is 9.97. The fourth-order valence-electron chi connectivity index (χ4n) is 3.64. The first kappa shape index (κ1) is 20.7. The van der Waals surface area contributed by atoms with Crippen LogP contribution in [0.2, 0.25) is 0 Å². The Morgan fingerprint density at radius 2 is 1.77 bits per heavy atom. The molecule has 1 aromatic rings. The lowest BCUT2D eigenvalue weighted by Gasteiger charge is -2.28. The molecule has 5 heteroatoms. The summed E-state index contributed by atoms with van der Waals surface area (Å²) in [5.74, 6) is 0.556. The summed E-state index contributed by atoms with van der Waals surface area (Å²) >= 11 is 0. The van der Waals surface area contributed by atoms with Gasteiger partial charge in [-0.15, -0.1) is 0 Å². The topological polar surface area (TPSA) is 73.4 Å². The molecule has 4 N–H and O–H groups in total. The molecule has 1 aliphatic rings. The molecule has 0 radical (unpaired) electrons. The summed E-state index contributed by atoms with van der Waals surface area (Å²) in [7, 11) is 0. The van der Waals surface area contributed by atoms with Gasteiger partial charge in [0, 0.05) is 24.7 Å². The number of nitrogens with one attached hydrogen (secondary N) is 3. The van der Waals surface area contributed by atoms with E-state index < -0.39 is 0 Å². The highest BCUT2D eigenvalue weighted by molar-refractivity contribution is 5.74. The normalized spacial score (nSPS) is 22.7. The maximum atomic E-state index is 12.2. The van der Waals surface area contributed by atoms with Gasteiger partial charge in [-0.1, -0.05) is 44.2 Å². The molecule has 146 valence electrons. The molecule has 1 aromatic carbocycles. The molecule has 0 unspecified atom stereocenters. The van der Waals surface area contributed by atoms with Gasteiger partial charge in [0.25, 0.3) is 0 Å². The van der Waals surface area contributed by atoms with E-state index in [0.717, 1.165) is 32.1 Å². The van der Waals surface area contributed by atoms with E-state index in [1.807, 2.05) is 6.07 Å². The van der Waals surface area contributed by atoms with Crippen LogP contribution in [0.15, 0.2) is 30.3 Å². The number of aliphatic hydroxyl groups is 1. The minimum Gasteiger partial charge on any atom is -0.393 e. The average molecular weight is 362 g/mol.